The van der Waals surface area contributed by atoms with Crippen molar-refractivity contribution in [3.05, 3.63) is 58.0 Å². The summed E-state index contributed by atoms with van der Waals surface area (Å²) < 4.78 is 5.64. The maximum absolute atomic E-state index is 6.05. The molecular weight excluding hydrogens is 258 g/mol. The molecule has 0 amide bonds. The van der Waals surface area contributed by atoms with Gasteiger partial charge in [-0.2, -0.15) is 0 Å². The summed E-state index contributed by atoms with van der Waals surface area (Å²) in [5, 5.41) is 4.30. The number of nitrogens with one attached hydrogen (secondary N) is 1. The SMILES string of the molecule is CCNC(Cc1cccc(Cl)c1)c1cc(C)oc1C. The lowest BCUT2D eigenvalue weighted by Gasteiger charge is -2.17. The van der Waals surface area contributed by atoms with E-state index in [2.05, 4.69) is 24.4 Å². The van der Waals surface area contributed by atoms with Crippen molar-refractivity contribution in [2.75, 3.05) is 6.54 Å². The van der Waals surface area contributed by atoms with Crippen LogP contribution in [0.3, 0.4) is 0 Å². The Morgan fingerprint density at radius 1 is 1.26 bits per heavy atom. The molecule has 1 unspecified atom stereocenters. The highest BCUT2D eigenvalue weighted by molar-refractivity contribution is 6.30. The first-order valence-electron chi connectivity index (χ1n) is 6.65. The predicted molar refractivity (Wildman–Crippen MR) is 79.8 cm³/mol. The van der Waals surface area contributed by atoms with Gasteiger partial charge in [0.05, 0.1) is 0 Å². The Kier molecular flexibility index (Phi) is 4.67. The standard InChI is InChI=1S/C16H20ClNO/c1-4-18-16(15-8-11(2)19-12(15)3)10-13-6-5-7-14(17)9-13/h5-9,16,18H,4,10H2,1-3H3. The Bertz CT molecular complexity index is 547. The fourth-order valence-corrected chi connectivity index (χ4v) is 2.65. The second kappa shape index (κ2) is 6.27. The van der Waals surface area contributed by atoms with E-state index in [1.807, 2.05) is 32.0 Å². The van der Waals surface area contributed by atoms with Crippen molar-refractivity contribution in [2.45, 2.75) is 33.2 Å². The van der Waals surface area contributed by atoms with E-state index in [-0.39, 0.29) is 6.04 Å². The summed E-state index contributed by atoms with van der Waals surface area (Å²) in [6.07, 6.45) is 0.911. The smallest absolute Gasteiger partial charge is 0.105 e. The molecule has 0 aliphatic carbocycles. The number of likely N-dealkylation sites (N-methyl/N-ethyl adjacent to an activating group) is 1. The van der Waals surface area contributed by atoms with Crippen LogP contribution in [-0.2, 0) is 6.42 Å². The van der Waals surface area contributed by atoms with E-state index in [0.29, 0.717) is 0 Å². The van der Waals surface area contributed by atoms with Crippen molar-refractivity contribution in [2.24, 2.45) is 0 Å². The van der Waals surface area contributed by atoms with Crippen molar-refractivity contribution in [3.8, 4) is 0 Å². The van der Waals surface area contributed by atoms with E-state index in [0.717, 1.165) is 29.5 Å². The lowest BCUT2D eigenvalue weighted by atomic mass is 9.99. The van der Waals surface area contributed by atoms with Gasteiger partial charge < -0.3 is 9.73 Å². The molecular formula is C16H20ClNO. The molecule has 1 aromatic carbocycles. The molecule has 2 aromatic rings. The Balaban J connectivity index is 2.23. The van der Waals surface area contributed by atoms with Gasteiger partial charge in [0.1, 0.15) is 11.5 Å². The van der Waals surface area contributed by atoms with Gasteiger partial charge in [-0.1, -0.05) is 30.7 Å². The molecule has 1 N–H and O–H groups in total. The zero-order chi connectivity index (χ0) is 13.8. The molecule has 0 aliphatic rings. The molecule has 3 heteroatoms. The molecule has 19 heavy (non-hydrogen) atoms. The molecule has 102 valence electrons. The molecule has 2 rings (SSSR count). The molecule has 2 nitrogen and oxygen atoms in total. The van der Waals surface area contributed by atoms with Gasteiger partial charge >= 0.3 is 0 Å². The first-order chi connectivity index (χ1) is 9.10. The topological polar surface area (TPSA) is 25.2 Å². The van der Waals surface area contributed by atoms with Gasteiger partial charge in [0.15, 0.2) is 0 Å². The summed E-state index contributed by atoms with van der Waals surface area (Å²) in [5.41, 5.74) is 2.47. The zero-order valence-electron chi connectivity index (χ0n) is 11.7. The zero-order valence-corrected chi connectivity index (χ0v) is 12.4. The summed E-state index contributed by atoms with van der Waals surface area (Å²) in [6.45, 7) is 7.05. The van der Waals surface area contributed by atoms with Crippen molar-refractivity contribution < 1.29 is 4.42 Å². The molecule has 0 saturated carbocycles. The van der Waals surface area contributed by atoms with Gasteiger partial charge in [0.25, 0.3) is 0 Å². The highest BCUT2D eigenvalue weighted by Gasteiger charge is 2.16. The molecule has 1 aromatic heterocycles. The van der Waals surface area contributed by atoms with Crippen LogP contribution >= 0.6 is 11.6 Å². The Hall–Kier alpha value is -1.25. The Morgan fingerprint density at radius 2 is 2.05 bits per heavy atom. The van der Waals surface area contributed by atoms with Crippen LogP contribution in [0, 0.1) is 13.8 Å². The van der Waals surface area contributed by atoms with Crippen LogP contribution in [0.5, 0.6) is 0 Å². The van der Waals surface area contributed by atoms with Gasteiger partial charge in [0, 0.05) is 16.6 Å². The van der Waals surface area contributed by atoms with Crippen LogP contribution in [0.1, 0.15) is 35.6 Å². The minimum Gasteiger partial charge on any atom is -0.466 e. The minimum atomic E-state index is 0.265. The van der Waals surface area contributed by atoms with Gasteiger partial charge in [-0.25, -0.2) is 0 Å². The van der Waals surface area contributed by atoms with Crippen molar-refractivity contribution >= 4 is 11.6 Å². The fourth-order valence-electron chi connectivity index (χ4n) is 2.43. The molecule has 0 spiro atoms. The molecule has 0 saturated heterocycles. The lowest BCUT2D eigenvalue weighted by Crippen LogP contribution is -2.23. The quantitative estimate of drug-likeness (QED) is 0.874. The van der Waals surface area contributed by atoms with Gasteiger partial charge in [0.2, 0.25) is 0 Å². The third-order valence-electron chi connectivity index (χ3n) is 3.23. The summed E-state index contributed by atoms with van der Waals surface area (Å²) in [5.74, 6) is 1.95. The van der Waals surface area contributed by atoms with E-state index < -0.39 is 0 Å². The van der Waals surface area contributed by atoms with E-state index in [9.17, 15) is 0 Å². The summed E-state index contributed by atoms with van der Waals surface area (Å²) in [7, 11) is 0. The summed E-state index contributed by atoms with van der Waals surface area (Å²) in [6, 6.07) is 10.4. The second-order valence-corrected chi connectivity index (χ2v) is 5.25. The van der Waals surface area contributed by atoms with Crippen LogP contribution in [0.4, 0.5) is 0 Å². The summed E-state index contributed by atoms with van der Waals surface area (Å²) in [4.78, 5) is 0. The number of benzene rings is 1. The van der Waals surface area contributed by atoms with Gasteiger partial charge in [-0.15, -0.1) is 0 Å². The maximum atomic E-state index is 6.05. The number of hydrogen-bond donors (Lipinski definition) is 1. The van der Waals surface area contributed by atoms with Crippen molar-refractivity contribution in [1.82, 2.24) is 5.32 Å². The molecule has 0 fully saturated rings. The van der Waals surface area contributed by atoms with Crippen molar-refractivity contribution in [3.63, 3.8) is 0 Å². The van der Waals surface area contributed by atoms with Gasteiger partial charge in [-0.05, 0) is 50.6 Å². The number of aryl methyl sites for hydroxylation is 2. The average Bonchev–Trinajstić information content (AvgIpc) is 2.68. The van der Waals surface area contributed by atoms with Gasteiger partial charge in [-0.3, -0.25) is 0 Å². The molecule has 0 bridgehead atoms. The second-order valence-electron chi connectivity index (χ2n) is 4.81. The van der Waals surface area contributed by atoms with Crippen LogP contribution in [0.2, 0.25) is 5.02 Å². The average molecular weight is 278 g/mol. The Morgan fingerprint density at radius 3 is 2.63 bits per heavy atom. The van der Waals surface area contributed by atoms with E-state index in [4.69, 9.17) is 16.0 Å². The number of rotatable bonds is 5. The first kappa shape index (κ1) is 14.2. The maximum Gasteiger partial charge on any atom is 0.105 e. The number of hydrogen-bond acceptors (Lipinski definition) is 2. The molecule has 0 radical (unpaired) electrons. The predicted octanol–water partition coefficient (Wildman–Crippen LogP) is 4.44. The fraction of sp³-hybridized carbons (Fsp3) is 0.375. The first-order valence-corrected chi connectivity index (χ1v) is 7.02. The van der Waals surface area contributed by atoms with E-state index in [1.165, 1.54) is 11.1 Å². The molecule has 1 atom stereocenters. The normalized spacial score (nSPS) is 12.6. The Labute approximate surface area is 119 Å². The largest absolute Gasteiger partial charge is 0.466 e. The lowest BCUT2D eigenvalue weighted by molar-refractivity contribution is 0.484. The van der Waals surface area contributed by atoms with E-state index >= 15 is 0 Å². The van der Waals surface area contributed by atoms with Crippen LogP contribution < -0.4 is 5.32 Å². The highest BCUT2D eigenvalue weighted by Crippen LogP contribution is 2.25. The number of halogens is 1. The van der Waals surface area contributed by atoms with E-state index in [1.54, 1.807) is 0 Å². The summed E-state index contributed by atoms with van der Waals surface area (Å²) >= 11 is 6.05. The van der Waals surface area contributed by atoms with Crippen LogP contribution in [-0.4, -0.2) is 6.54 Å². The molecule has 0 aliphatic heterocycles. The van der Waals surface area contributed by atoms with Crippen LogP contribution in [0.15, 0.2) is 34.7 Å². The molecule has 1 heterocycles. The third kappa shape index (κ3) is 3.62. The van der Waals surface area contributed by atoms with Crippen molar-refractivity contribution in [1.29, 1.82) is 0 Å². The minimum absolute atomic E-state index is 0.265. The highest BCUT2D eigenvalue weighted by atomic mass is 35.5. The third-order valence-corrected chi connectivity index (χ3v) is 3.47. The number of furan rings is 1. The van der Waals surface area contributed by atoms with Crippen LogP contribution in [0.25, 0.3) is 0 Å². The monoisotopic (exact) mass is 277 g/mol.